The van der Waals surface area contributed by atoms with E-state index in [1.54, 1.807) is 12.0 Å². The third-order valence-corrected chi connectivity index (χ3v) is 4.55. The van der Waals surface area contributed by atoms with Gasteiger partial charge in [0.15, 0.2) is 0 Å². The van der Waals surface area contributed by atoms with Crippen molar-refractivity contribution < 1.29 is 9.53 Å². The van der Waals surface area contributed by atoms with Crippen LogP contribution in [0, 0.1) is 13.8 Å². The molecule has 106 valence electrons. The van der Waals surface area contributed by atoms with Crippen LogP contribution in [-0.4, -0.2) is 28.8 Å². The highest BCUT2D eigenvalue weighted by molar-refractivity contribution is 8.26. The van der Waals surface area contributed by atoms with E-state index < -0.39 is 0 Å². The van der Waals surface area contributed by atoms with E-state index in [9.17, 15) is 4.79 Å². The van der Waals surface area contributed by atoms with E-state index in [0.29, 0.717) is 15.8 Å². The predicted molar refractivity (Wildman–Crippen MR) is 88.0 cm³/mol. The van der Waals surface area contributed by atoms with Crippen molar-refractivity contribution in [2.24, 2.45) is 0 Å². The van der Waals surface area contributed by atoms with Gasteiger partial charge in [-0.3, -0.25) is 9.69 Å². The summed E-state index contributed by atoms with van der Waals surface area (Å²) in [5.41, 5.74) is 3.12. The van der Waals surface area contributed by atoms with Crippen molar-refractivity contribution in [1.29, 1.82) is 0 Å². The minimum atomic E-state index is -0.00590. The van der Waals surface area contributed by atoms with Gasteiger partial charge in [-0.15, -0.1) is 0 Å². The summed E-state index contributed by atoms with van der Waals surface area (Å²) in [7, 11) is 1.67. The molecule has 0 unspecified atom stereocenters. The highest BCUT2D eigenvalue weighted by Crippen LogP contribution is 2.33. The second kappa shape index (κ2) is 5.97. The molecule has 1 aliphatic rings. The van der Waals surface area contributed by atoms with Crippen LogP contribution in [-0.2, 0) is 4.79 Å². The van der Waals surface area contributed by atoms with Crippen LogP contribution in [0.4, 0.5) is 0 Å². The molecule has 0 N–H and O–H groups in total. The number of carbonyl (C=O) groups is 1. The molecule has 2 rings (SSSR count). The van der Waals surface area contributed by atoms with Crippen molar-refractivity contribution in [3.05, 3.63) is 33.7 Å². The molecule has 1 amide bonds. The summed E-state index contributed by atoms with van der Waals surface area (Å²) in [6.45, 7) is 6.54. The molecule has 0 spiro atoms. The van der Waals surface area contributed by atoms with Gasteiger partial charge in [0, 0.05) is 6.54 Å². The minimum Gasteiger partial charge on any atom is -0.496 e. The number of rotatable bonds is 3. The number of benzene rings is 1. The third kappa shape index (κ3) is 2.74. The summed E-state index contributed by atoms with van der Waals surface area (Å²) in [6, 6.07) is 4.04. The zero-order valence-corrected chi connectivity index (χ0v) is 13.7. The Hall–Kier alpha value is -1.33. The Labute approximate surface area is 129 Å². The van der Waals surface area contributed by atoms with Gasteiger partial charge in [0.25, 0.3) is 5.91 Å². The lowest BCUT2D eigenvalue weighted by molar-refractivity contribution is -0.121. The Morgan fingerprint density at radius 1 is 1.35 bits per heavy atom. The fourth-order valence-electron chi connectivity index (χ4n) is 2.31. The summed E-state index contributed by atoms with van der Waals surface area (Å²) in [5.74, 6) is 0.886. The second-order valence-electron chi connectivity index (χ2n) is 4.61. The fourth-order valence-corrected chi connectivity index (χ4v) is 3.70. The van der Waals surface area contributed by atoms with Crippen molar-refractivity contribution >= 4 is 40.3 Å². The van der Waals surface area contributed by atoms with Crippen molar-refractivity contribution in [2.45, 2.75) is 20.8 Å². The summed E-state index contributed by atoms with van der Waals surface area (Å²) >= 11 is 6.57. The molecular weight excluding hydrogens is 290 g/mol. The van der Waals surface area contributed by atoms with E-state index in [-0.39, 0.29) is 5.91 Å². The molecule has 1 fully saturated rings. The van der Waals surface area contributed by atoms with Crippen molar-refractivity contribution in [1.82, 2.24) is 4.90 Å². The molecule has 5 heteroatoms. The van der Waals surface area contributed by atoms with Gasteiger partial charge in [-0.1, -0.05) is 24.0 Å². The molecule has 0 atom stereocenters. The second-order valence-corrected chi connectivity index (χ2v) is 6.29. The van der Waals surface area contributed by atoms with Crippen molar-refractivity contribution in [2.75, 3.05) is 13.7 Å². The molecule has 0 aliphatic carbocycles. The number of hydrogen-bond acceptors (Lipinski definition) is 4. The monoisotopic (exact) mass is 307 g/mol. The van der Waals surface area contributed by atoms with Crippen LogP contribution >= 0.6 is 24.0 Å². The van der Waals surface area contributed by atoms with Crippen LogP contribution in [0.2, 0.25) is 0 Å². The first-order valence-electron chi connectivity index (χ1n) is 6.38. The largest absolute Gasteiger partial charge is 0.496 e. The Morgan fingerprint density at radius 2 is 1.95 bits per heavy atom. The number of amides is 1. The number of thiocarbonyl (C=S) groups is 1. The third-order valence-electron chi connectivity index (χ3n) is 3.17. The average molecular weight is 307 g/mol. The Morgan fingerprint density at radius 3 is 2.40 bits per heavy atom. The number of ether oxygens (including phenoxy) is 1. The molecule has 1 aromatic rings. The maximum absolute atomic E-state index is 12.2. The van der Waals surface area contributed by atoms with Crippen LogP contribution < -0.4 is 4.74 Å². The normalized spacial score (nSPS) is 17.2. The van der Waals surface area contributed by atoms with Crippen LogP contribution in [0.5, 0.6) is 5.75 Å². The number of aryl methyl sites for hydroxylation is 2. The minimum absolute atomic E-state index is 0.00590. The molecule has 20 heavy (non-hydrogen) atoms. The smallest absolute Gasteiger partial charge is 0.266 e. The number of carbonyl (C=O) groups excluding carboxylic acids is 1. The van der Waals surface area contributed by atoms with E-state index >= 15 is 0 Å². The first kappa shape index (κ1) is 15.1. The van der Waals surface area contributed by atoms with Gasteiger partial charge >= 0.3 is 0 Å². The summed E-state index contributed by atoms with van der Waals surface area (Å²) in [5, 5.41) is 0. The molecule has 0 radical (unpaired) electrons. The summed E-state index contributed by atoms with van der Waals surface area (Å²) < 4.78 is 5.98. The van der Waals surface area contributed by atoms with Crippen LogP contribution in [0.1, 0.15) is 23.6 Å². The highest BCUT2D eigenvalue weighted by atomic mass is 32.2. The Bertz CT molecular complexity index is 585. The highest BCUT2D eigenvalue weighted by Gasteiger charge is 2.30. The fraction of sp³-hybridized carbons (Fsp3) is 0.333. The lowest BCUT2D eigenvalue weighted by Gasteiger charge is -2.10. The predicted octanol–water partition coefficient (Wildman–Crippen LogP) is 3.53. The lowest BCUT2D eigenvalue weighted by atomic mass is 10.1. The van der Waals surface area contributed by atoms with Gasteiger partial charge < -0.3 is 4.74 Å². The van der Waals surface area contributed by atoms with E-state index in [2.05, 4.69) is 0 Å². The zero-order valence-electron chi connectivity index (χ0n) is 12.0. The van der Waals surface area contributed by atoms with E-state index in [0.717, 1.165) is 22.4 Å². The standard InChI is InChI=1S/C15H17NO2S2/c1-5-16-14(17)12(20-15(16)19)8-11-6-9(2)13(18-4)10(3)7-11/h6-8H,5H2,1-4H3/b12-8-. The molecule has 0 saturated carbocycles. The number of thioether (sulfide) groups is 1. The number of likely N-dealkylation sites (N-methyl/N-ethyl adjacent to an activating group) is 1. The zero-order chi connectivity index (χ0) is 14.9. The molecule has 3 nitrogen and oxygen atoms in total. The van der Waals surface area contributed by atoms with E-state index in [1.807, 2.05) is 39.0 Å². The molecule has 1 aromatic carbocycles. The van der Waals surface area contributed by atoms with E-state index in [1.165, 1.54) is 11.8 Å². The van der Waals surface area contributed by atoms with E-state index in [4.69, 9.17) is 17.0 Å². The van der Waals surface area contributed by atoms with Crippen LogP contribution in [0.15, 0.2) is 17.0 Å². The quantitative estimate of drug-likeness (QED) is 0.631. The maximum atomic E-state index is 12.2. The molecular formula is C15H17NO2S2. The molecule has 1 heterocycles. The number of methoxy groups -OCH3 is 1. The Kier molecular flexibility index (Phi) is 4.50. The molecule has 0 aromatic heterocycles. The molecule has 0 bridgehead atoms. The van der Waals surface area contributed by atoms with Gasteiger partial charge in [-0.2, -0.15) is 0 Å². The van der Waals surface area contributed by atoms with Crippen LogP contribution in [0.25, 0.3) is 6.08 Å². The van der Waals surface area contributed by atoms with Gasteiger partial charge in [-0.25, -0.2) is 0 Å². The summed E-state index contributed by atoms with van der Waals surface area (Å²) in [4.78, 5) is 14.5. The SMILES string of the molecule is CCN1C(=O)/C(=C/c2cc(C)c(OC)c(C)c2)SC1=S. The summed E-state index contributed by atoms with van der Waals surface area (Å²) in [6.07, 6.45) is 1.90. The lowest BCUT2D eigenvalue weighted by Crippen LogP contribution is -2.27. The maximum Gasteiger partial charge on any atom is 0.266 e. The average Bonchev–Trinajstić information content (AvgIpc) is 2.63. The number of hydrogen-bond donors (Lipinski definition) is 0. The first-order chi connectivity index (χ1) is 9.47. The van der Waals surface area contributed by atoms with Gasteiger partial charge in [-0.05, 0) is 55.7 Å². The number of nitrogens with zero attached hydrogens (tertiary/aromatic N) is 1. The Balaban J connectivity index is 2.37. The topological polar surface area (TPSA) is 29.5 Å². The molecule has 1 saturated heterocycles. The van der Waals surface area contributed by atoms with Gasteiger partial charge in [0.1, 0.15) is 10.1 Å². The van der Waals surface area contributed by atoms with Crippen molar-refractivity contribution in [3.8, 4) is 5.75 Å². The van der Waals surface area contributed by atoms with Crippen molar-refractivity contribution in [3.63, 3.8) is 0 Å². The van der Waals surface area contributed by atoms with Crippen LogP contribution in [0.3, 0.4) is 0 Å². The van der Waals surface area contributed by atoms with Gasteiger partial charge in [0.05, 0.1) is 12.0 Å². The van der Waals surface area contributed by atoms with Gasteiger partial charge in [0.2, 0.25) is 0 Å². The molecule has 1 aliphatic heterocycles. The first-order valence-corrected chi connectivity index (χ1v) is 7.61.